The molecule has 2 heterocycles. The Hall–Kier alpha value is -3.85. The van der Waals surface area contributed by atoms with Crippen LogP contribution in [0, 0.1) is 0 Å². The first-order valence-electron chi connectivity index (χ1n) is 9.37. The van der Waals surface area contributed by atoms with Crippen LogP contribution in [0.3, 0.4) is 0 Å². The van der Waals surface area contributed by atoms with Crippen molar-refractivity contribution in [3.05, 3.63) is 90.1 Å². The van der Waals surface area contributed by atoms with Crippen molar-refractivity contribution < 1.29 is 17.7 Å². The minimum atomic E-state index is -3.90. The lowest BCUT2D eigenvalue weighted by Crippen LogP contribution is -2.15. The highest BCUT2D eigenvalue weighted by Crippen LogP contribution is 2.24. The van der Waals surface area contributed by atoms with Crippen molar-refractivity contribution in [2.24, 2.45) is 0 Å². The fourth-order valence-electron chi connectivity index (χ4n) is 2.97. The Morgan fingerprint density at radius 3 is 2.58 bits per heavy atom. The molecule has 0 atom stereocenters. The second-order valence-corrected chi connectivity index (χ2v) is 8.45. The fourth-order valence-corrected chi connectivity index (χ4v) is 4.11. The van der Waals surface area contributed by atoms with Gasteiger partial charge >= 0.3 is 0 Å². The molecule has 0 aliphatic heterocycles. The third kappa shape index (κ3) is 4.67. The molecule has 0 fully saturated rings. The second kappa shape index (κ2) is 8.49. The van der Waals surface area contributed by atoms with Gasteiger partial charge in [-0.2, -0.15) is 4.98 Å². The number of para-hydroxylation sites is 1. The average molecular weight is 434 g/mol. The fraction of sp³-hybridized carbons (Fsp3) is 0.0909. The van der Waals surface area contributed by atoms with Gasteiger partial charge in [0.15, 0.2) is 5.78 Å². The summed E-state index contributed by atoms with van der Waals surface area (Å²) in [6, 6.07) is 16.4. The van der Waals surface area contributed by atoms with Crippen LogP contribution in [0.2, 0.25) is 0 Å². The van der Waals surface area contributed by atoms with E-state index in [4.69, 9.17) is 4.52 Å². The summed E-state index contributed by atoms with van der Waals surface area (Å²) in [5, 5.41) is 3.98. The summed E-state index contributed by atoms with van der Waals surface area (Å²) in [5.41, 5.74) is 2.15. The largest absolute Gasteiger partial charge is 0.339 e. The number of aromatic nitrogens is 3. The number of nitrogens with zero attached hydrogens (tertiary/aromatic N) is 3. The molecule has 9 heteroatoms. The molecule has 0 aliphatic rings. The van der Waals surface area contributed by atoms with Crippen molar-refractivity contribution in [2.75, 3.05) is 4.72 Å². The number of carbonyl (C=O) groups is 1. The number of benzene rings is 2. The van der Waals surface area contributed by atoms with Crippen LogP contribution in [0.1, 0.15) is 28.7 Å². The molecule has 0 amide bonds. The van der Waals surface area contributed by atoms with Crippen molar-refractivity contribution >= 4 is 21.5 Å². The predicted molar refractivity (Wildman–Crippen MR) is 114 cm³/mol. The van der Waals surface area contributed by atoms with Gasteiger partial charge in [-0.3, -0.25) is 14.5 Å². The van der Waals surface area contributed by atoms with Crippen LogP contribution in [0.5, 0.6) is 0 Å². The third-order valence-corrected chi connectivity index (χ3v) is 5.92. The molecule has 1 N–H and O–H groups in total. The van der Waals surface area contributed by atoms with Gasteiger partial charge in [0.25, 0.3) is 10.0 Å². The molecule has 0 radical (unpaired) electrons. The molecule has 8 nitrogen and oxygen atoms in total. The van der Waals surface area contributed by atoms with Crippen LogP contribution >= 0.6 is 0 Å². The highest BCUT2D eigenvalue weighted by Gasteiger charge is 2.18. The van der Waals surface area contributed by atoms with Gasteiger partial charge in [-0.1, -0.05) is 35.5 Å². The Morgan fingerprint density at radius 2 is 1.81 bits per heavy atom. The minimum Gasteiger partial charge on any atom is -0.339 e. The maximum Gasteiger partial charge on any atom is 0.261 e. The van der Waals surface area contributed by atoms with Crippen molar-refractivity contribution in [1.29, 1.82) is 0 Å². The molecule has 31 heavy (non-hydrogen) atoms. The zero-order chi connectivity index (χ0) is 21.8. The topological polar surface area (TPSA) is 115 Å². The van der Waals surface area contributed by atoms with Gasteiger partial charge in [-0.25, -0.2) is 8.42 Å². The van der Waals surface area contributed by atoms with Crippen molar-refractivity contribution in [3.8, 4) is 11.4 Å². The van der Waals surface area contributed by atoms with E-state index in [1.54, 1.807) is 54.9 Å². The van der Waals surface area contributed by atoms with E-state index in [1.165, 1.54) is 25.1 Å². The number of nitrogens with one attached hydrogen (secondary N) is 1. The average Bonchev–Trinajstić information content (AvgIpc) is 3.24. The third-order valence-electron chi connectivity index (χ3n) is 4.56. The van der Waals surface area contributed by atoms with Gasteiger partial charge < -0.3 is 4.52 Å². The van der Waals surface area contributed by atoms with Gasteiger partial charge in [0.05, 0.1) is 17.0 Å². The van der Waals surface area contributed by atoms with Gasteiger partial charge in [0, 0.05) is 23.5 Å². The van der Waals surface area contributed by atoms with Crippen LogP contribution in [0.15, 0.2) is 82.5 Å². The smallest absolute Gasteiger partial charge is 0.261 e. The summed E-state index contributed by atoms with van der Waals surface area (Å²) in [4.78, 5) is 20.0. The molecular weight excluding hydrogens is 416 g/mol. The SMILES string of the molecule is CC(=O)c1cccc(S(=O)(=O)Nc2ccccc2Cc2nc(-c3ccncc3)no2)c1. The number of anilines is 1. The summed E-state index contributed by atoms with van der Waals surface area (Å²) < 4.78 is 33.7. The van der Waals surface area contributed by atoms with Crippen LogP contribution < -0.4 is 4.72 Å². The number of hydrogen-bond donors (Lipinski definition) is 1. The molecule has 0 saturated carbocycles. The van der Waals surface area contributed by atoms with Gasteiger partial charge in [0.2, 0.25) is 11.7 Å². The summed E-state index contributed by atoms with van der Waals surface area (Å²) in [6.07, 6.45) is 3.51. The van der Waals surface area contributed by atoms with E-state index in [2.05, 4.69) is 19.8 Å². The van der Waals surface area contributed by atoms with Crippen LogP contribution in [-0.4, -0.2) is 29.3 Å². The van der Waals surface area contributed by atoms with Crippen molar-refractivity contribution in [1.82, 2.24) is 15.1 Å². The second-order valence-electron chi connectivity index (χ2n) is 6.77. The Labute approximate surface area is 179 Å². The molecule has 0 spiro atoms. The van der Waals surface area contributed by atoms with E-state index in [9.17, 15) is 13.2 Å². The minimum absolute atomic E-state index is 0.00719. The van der Waals surface area contributed by atoms with Gasteiger partial charge in [-0.15, -0.1) is 0 Å². The maximum atomic E-state index is 12.9. The number of ketones is 1. The first-order valence-corrected chi connectivity index (χ1v) is 10.9. The number of Topliss-reactive ketones (excluding diaryl/α,β-unsaturated/α-hetero) is 1. The Balaban J connectivity index is 1.59. The van der Waals surface area contributed by atoms with Crippen molar-refractivity contribution in [2.45, 2.75) is 18.2 Å². The zero-order valence-electron chi connectivity index (χ0n) is 16.5. The number of sulfonamides is 1. The van der Waals surface area contributed by atoms with Gasteiger partial charge in [-0.05, 0) is 42.8 Å². The first-order chi connectivity index (χ1) is 14.9. The molecule has 0 unspecified atom stereocenters. The number of carbonyl (C=O) groups excluding carboxylic acids is 1. The van der Waals surface area contributed by atoms with E-state index in [-0.39, 0.29) is 17.1 Å². The number of pyridine rings is 1. The van der Waals surface area contributed by atoms with E-state index in [0.29, 0.717) is 28.5 Å². The Bertz CT molecular complexity index is 1330. The van der Waals surface area contributed by atoms with Crippen LogP contribution in [0.4, 0.5) is 5.69 Å². The van der Waals surface area contributed by atoms with Gasteiger partial charge in [0.1, 0.15) is 0 Å². The highest BCUT2D eigenvalue weighted by molar-refractivity contribution is 7.92. The molecule has 2 aromatic heterocycles. The normalized spacial score (nSPS) is 11.3. The summed E-state index contributed by atoms with van der Waals surface area (Å²) >= 11 is 0. The molecular formula is C22H18N4O4S. The van der Waals surface area contributed by atoms with E-state index in [1.807, 2.05) is 0 Å². The number of rotatable bonds is 7. The summed E-state index contributed by atoms with van der Waals surface area (Å²) in [5.74, 6) is 0.562. The quantitative estimate of drug-likeness (QED) is 0.441. The van der Waals surface area contributed by atoms with Crippen LogP contribution in [-0.2, 0) is 16.4 Å². The molecule has 4 aromatic rings. The lowest BCUT2D eigenvalue weighted by atomic mass is 10.1. The Morgan fingerprint density at radius 1 is 1.03 bits per heavy atom. The summed E-state index contributed by atoms with van der Waals surface area (Å²) in [7, 11) is -3.90. The molecule has 156 valence electrons. The van der Waals surface area contributed by atoms with Crippen LogP contribution in [0.25, 0.3) is 11.4 Å². The lowest BCUT2D eigenvalue weighted by Gasteiger charge is -2.12. The molecule has 2 aromatic carbocycles. The van der Waals surface area contributed by atoms with E-state index < -0.39 is 10.0 Å². The summed E-state index contributed by atoms with van der Waals surface area (Å²) in [6.45, 7) is 1.39. The molecule has 0 saturated heterocycles. The maximum absolute atomic E-state index is 12.9. The van der Waals surface area contributed by atoms with E-state index >= 15 is 0 Å². The number of hydrogen-bond acceptors (Lipinski definition) is 7. The highest BCUT2D eigenvalue weighted by atomic mass is 32.2. The lowest BCUT2D eigenvalue weighted by molar-refractivity contribution is 0.101. The molecule has 0 aliphatic carbocycles. The predicted octanol–water partition coefficient (Wildman–Crippen LogP) is 3.73. The van der Waals surface area contributed by atoms with E-state index in [0.717, 1.165) is 5.56 Å². The zero-order valence-corrected chi connectivity index (χ0v) is 17.3. The molecule has 4 rings (SSSR count). The molecule has 0 bridgehead atoms. The Kier molecular flexibility index (Phi) is 5.59. The standard InChI is InChI=1S/C22H18N4O4S/c1-15(27)17-6-4-7-19(13-17)31(28,29)26-20-8-3-2-5-18(20)14-21-24-22(25-30-21)16-9-11-23-12-10-16/h2-13,26H,14H2,1H3. The van der Waals surface area contributed by atoms with Crippen molar-refractivity contribution in [3.63, 3.8) is 0 Å². The first kappa shape index (κ1) is 20.4. The monoisotopic (exact) mass is 434 g/mol.